The molecule has 0 aliphatic heterocycles. The molecule has 5 nitrogen and oxygen atoms in total. The van der Waals surface area contributed by atoms with E-state index in [1.165, 1.54) is 12.8 Å². The summed E-state index contributed by atoms with van der Waals surface area (Å²) in [6, 6.07) is 0.242. The lowest BCUT2D eigenvalue weighted by Crippen LogP contribution is -2.35. The molecule has 1 saturated carbocycles. The summed E-state index contributed by atoms with van der Waals surface area (Å²) in [6.45, 7) is 6.37. The van der Waals surface area contributed by atoms with Crippen molar-refractivity contribution in [3.63, 3.8) is 0 Å². The zero-order valence-electron chi connectivity index (χ0n) is 13.2. The minimum atomic E-state index is -0.0464. The normalized spacial score (nSPS) is 16.0. The molecule has 1 fully saturated rings. The van der Waals surface area contributed by atoms with Gasteiger partial charge >= 0.3 is 0 Å². The summed E-state index contributed by atoms with van der Waals surface area (Å²) >= 11 is 1.54. The minimum absolute atomic E-state index is 0.00428. The van der Waals surface area contributed by atoms with Crippen molar-refractivity contribution in [3.8, 4) is 0 Å². The lowest BCUT2D eigenvalue weighted by Gasteiger charge is -2.13. The van der Waals surface area contributed by atoms with Crippen LogP contribution in [0.25, 0.3) is 10.2 Å². The van der Waals surface area contributed by atoms with E-state index in [1.54, 1.807) is 22.2 Å². The maximum Gasteiger partial charge on any atom is 0.262 e. The summed E-state index contributed by atoms with van der Waals surface area (Å²) in [6.07, 6.45) is 4.28. The smallest absolute Gasteiger partial charge is 0.262 e. The average molecular weight is 319 g/mol. The fraction of sp³-hybridized carbons (Fsp3) is 0.562. The molecule has 0 aromatic carbocycles. The quantitative estimate of drug-likeness (QED) is 0.920. The first-order valence-electron chi connectivity index (χ1n) is 7.72. The van der Waals surface area contributed by atoms with Gasteiger partial charge in [-0.1, -0.05) is 0 Å². The van der Waals surface area contributed by atoms with E-state index in [0.717, 1.165) is 15.3 Å². The molecule has 1 N–H and O–H groups in total. The van der Waals surface area contributed by atoms with Crippen LogP contribution in [0.2, 0.25) is 0 Å². The molecule has 6 heteroatoms. The Bertz CT molecular complexity index is 774. The van der Waals surface area contributed by atoms with E-state index in [4.69, 9.17) is 0 Å². The summed E-state index contributed by atoms with van der Waals surface area (Å²) in [4.78, 5) is 30.7. The van der Waals surface area contributed by atoms with Crippen LogP contribution in [-0.4, -0.2) is 21.5 Å². The van der Waals surface area contributed by atoms with Crippen molar-refractivity contribution in [1.29, 1.82) is 0 Å². The first-order chi connectivity index (χ1) is 10.5. The predicted molar refractivity (Wildman–Crippen MR) is 88.3 cm³/mol. The highest BCUT2D eigenvalue weighted by Gasteiger charge is 2.28. The van der Waals surface area contributed by atoms with Gasteiger partial charge in [0.25, 0.3) is 5.56 Å². The summed E-state index contributed by atoms with van der Waals surface area (Å²) in [5.41, 5.74) is 0.952. The SMILES string of the molecule is Cc1sc2ncn(CCC(=O)N[C@@H](C)C3CC3)c(=O)c2c1C. The largest absolute Gasteiger partial charge is 0.353 e. The Morgan fingerprint density at radius 3 is 2.91 bits per heavy atom. The second-order valence-electron chi connectivity index (χ2n) is 6.15. The van der Waals surface area contributed by atoms with Gasteiger partial charge in [0, 0.05) is 23.9 Å². The van der Waals surface area contributed by atoms with Gasteiger partial charge < -0.3 is 5.32 Å². The lowest BCUT2D eigenvalue weighted by atomic mass is 10.2. The number of carbonyl (C=O) groups is 1. The van der Waals surface area contributed by atoms with Gasteiger partial charge in [0.05, 0.1) is 11.7 Å². The average Bonchev–Trinajstić information content (AvgIpc) is 3.26. The molecule has 0 unspecified atom stereocenters. The number of hydrogen-bond acceptors (Lipinski definition) is 4. The van der Waals surface area contributed by atoms with E-state index < -0.39 is 0 Å². The van der Waals surface area contributed by atoms with Crippen LogP contribution < -0.4 is 10.9 Å². The van der Waals surface area contributed by atoms with Crippen LogP contribution in [-0.2, 0) is 11.3 Å². The molecule has 1 aliphatic rings. The topological polar surface area (TPSA) is 64.0 Å². The van der Waals surface area contributed by atoms with Crippen molar-refractivity contribution >= 4 is 27.5 Å². The molecule has 118 valence electrons. The standard InChI is InChI=1S/C16H21N3O2S/c1-9-11(3)22-15-14(9)16(21)19(8-17-15)7-6-13(20)18-10(2)12-4-5-12/h8,10,12H,4-7H2,1-3H3,(H,18,20)/t10-/m0/s1. The molecule has 0 radical (unpaired) electrons. The van der Waals surface area contributed by atoms with E-state index in [9.17, 15) is 9.59 Å². The third kappa shape index (κ3) is 2.92. The highest BCUT2D eigenvalue weighted by molar-refractivity contribution is 7.18. The first kappa shape index (κ1) is 15.2. The van der Waals surface area contributed by atoms with Crippen LogP contribution in [0.4, 0.5) is 0 Å². The number of rotatable bonds is 5. The number of fused-ring (bicyclic) bond motifs is 1. The molecular formula is C16H21N3O2S. The molecule has 2 aromatic heterocycles. The zero-order valence-corrected chi connectivity index (χ0v) is 14.0. The van der Waals surface area contributed by atoms with Crippen molar-refractivity contribution in [2.45, 2.75) is 52.6 Å². The van der Waals surface area contributed by atoms with Gasteiger partial charge in [-0.3, -0.25) is 14.2 Å². The Labute approximate surface area is 133 Å². The molecule has 0 spiro atoms. The molecule has 2 heterocycles. The lowest BCUT2D eigenvalue weighted by molar-refractivity contribution is -0.122. The summed E-state index contributed by atoms with van der Waals surface area (Å²) in [7, 11) is 0. The minimum Gasteiger partial charge on any atom is -0.353 e. The Hall–Kier alpha value is -1.69. The number of amides is 1. The fourth-order valence-electron chi connectivity index (χ4n) is 2.69. The number of carbonyl (C=O) groups excluding carboxylic acids is 1. The van der Waals surface area contributed by atoms with Crippen molar-refractivity contribution in [2.75, 3.05) is 0 Å². The molecule has 1 aliphatic carbocycles. The third-order valence-corrected chi connectivity index (χ3v) is 5.57. The maximum absolute atomic E-state index is 12.5. The van der Waals surface area contributed by atoms with E-state index >= 15 is 0 Å². The number of hydrogen-bond donors (Lipinski definition) is 1. The number of thiophene rings is 1. The van der Waals surface area contributed by atoms with Crippen molar-refractivity contribution in [1.82, 2.24) is 14.9 Å². The highest BCUT2D eigenvalue weighted by atomic mass is 32.1. The van der Waals surface area contributed by atoms with E-state index in [0.29, 0.717) is 24.3 Å². The molecule has 0 bridgehead atoms. The van der Waals surface area contributed by atoms with Crippen LogP contribution in [0.3, 0.4) is 0 Å². The van der Waals surface area contributed by atoms with Crippen LogP contribution in [0.15, 0.2) is 11.1 Å². The Kier molecular flexibility index (Phi) is 4.04. The van der Waals surface area contributed by atoms with E-state index in [2.05, 4.69) is 10.3 Å². The zero-order chi connectivity index (χ0) is 15.9. The summed E-state index contributed by atoms with van der Waals surface area (Å²) in [5, 5.41) is 3.70. The molecule has 22 heavy (non-hydrogen) atoms. The summed E-state index contributed by atoms with van der Waals surface area (Å²) < 4.78 is 1.54. The van der Waals surface area contributed by atoms with Crippen LogP contribution >= 0.6 is 11.3 Å². The maximum atomic E-state index is 12.5. The van der Waals surface area contributed by atoms with Gasteiger partial charge in [-0.05, 0) is 45.1 Å². The molecule has 3 rings (SSSR count). The monoisotopic (exact) mass is 319 g/mol. The van der Waals surface area contributed by atoms with E-state index in [1.807, 2.05) is 20.8 Å². The van der Waals surface area contributed by atoms with Crippen molar-refractivity contribution in [2.24, 2.45) is 5.92 Å². The van der Waals surface area contributed by atoms with Gasteiger partial charge in [0.2, 0.25) is 5.91 Å². The van der Waals surface area contributed by atoms with Crippen LogP contribution in [0, 0.1) is 19.8 Å². The predicted octanol–water partition coefficient (Wildman–Crippen LogP) is 2.38. The van der Waals surface area contributed by atoms with Crippen LogP contribution in [0.5, 0.6) is 0 Å². The number of nitrogens with one attached hydrogen (secondary N) is 1. The number of nitrogens with zero attached hydrogens (tertiary/aromatic N) is 2. The van der Waals surface area contributed by atoms with Gasteiger partial charge in [-0.15, -0.1) is 11.3 Å². The third-order valence-electron chi connectivity index (χ3n) is 4.45. The van der Waals surface area contributed by atoms with E-state index in [-0.39, 0.29) is 17.5 Å². The molecule has 2 aromatic rings. The molecule has 1 amide bonds. The Morgan fingerprint density at radius 1 is 1.50 bits per heavy atom. The molecule has 1 atom stereocenters. The van der Waals surface area contributed by atoms with Crippen molar-refractivity contribution < 1.29 is 4.79 Å². The fourth-order valence-corrected chi connectivity index (χ4v) is 3.68. The Balaban J connectivity index is 1.71. The second kappa shape index (κ2) is 5.83. The Morgan fingerprint density at radius 2 is 2.23 bits per heavy atom. The van der Waals surface area contributed by atoms with Crippen molar-refractivity contribution in [3.05, 3.63) is 27.1 Å². The first-order valence-corrected chi connectivity index (χ1v) is 8.53. The van der Waals surface area contributed by atoms with Crippen LogP contribution in [0.1, 0.15) is 36.6 Å². The number of aryl methyl sites for hydroxylation is 3. The summed E-state index contributed by atoms with van der Waals surface area (Å²) in [5.74, 6) is 0.644. The highest BCUT2D eigenvalue weighted by Crippen LogP contribution is 2.32. The second-order valence-corrected chi connectivity index (χ2v) is 7.35. The van der Waals surface area contributed by atoms with Gasteiger partial charge in [-0.2, -0.15) is 0 Å². The number of aromatic nitrogens is 2. The van der Waals surface area contributed by atoms with Gasteiger partial charge in [0.1, 0.15) is 4.83 Å². The van der Waals surface area contributed by atoms with Gasteiger partial charge in [-0.25, -0.2) is 4.98 Å². The molecule has 0 saturated heterocycles. The molecular weight excluding hydrogens is 298 g/mol. The van der Waals surface area contributed by atoms with Gasteiger partial charge in [0.15, 0.2) is 0 Å².